The van der Waals surface area contributed by atoms with E-state index in [1.807, 2.05) is 11.0 Å². The Kier molecular flexibility index (Phi) is 3.90. The predicted molar refractivity (Wildman–Crippen MR) is 64.0 cm³/mol. The molecule has 1 saturated heterocycles. The molecule has 4 nitrogen and oxygen atoms in total. The van der Waals surface area contributed by atoms with Crippen LogP contribution in [0.25, 0.3) is 0 Å². The Morgan fingerprint density at radius 2 is 2.28 bits per heavy atom. The minimum Gasteiger partial charge on any atom is -0.355 e. The van der Waals surface area contributed by atoms with Crippen molar-refractivity contribution in [2.45, 2.75) is 13.0 Å². The highest BCUT2D eigenvalue weighted by atomic mass is 19.1. The summed E-state index contributed by atoms with van der Waals surface area (Å²) in [6, 6.07) is 6.20. The average molecular weight is 247 g/mol. The molecule has 18 heavy (non-hydrogen) atoms. The molecule has 0 aromatic heterocycles. The fourth-order valence-electron chi connectivity index (χ4n) is 2.07. The molecule has 1 N–H and O–H groups in total. The van der Waals surface area contributed by atoms with E-state index in [2.05, 4.69) is 5.32 Å². The summed E-state index contributed by atoms with van der Waals surface area (Å²) >= 11 is 0. The first-order chi connectivity index (χ1) is 8.67. The molecule has 94 valence electrons. The fraction of sp³-hybridized carbons (Fsp3) is 0.385. The number of carbonyl (C=O) groups is 1. The molecule has 1 fully saturated rings. The van der Waals surface area contributed by atoms with Crippen molar-refractivity contribution < 1.29 is 9.18 Å². The van der Waals surface area contributed by atoms with Gasteiger partial charge in [0.1, 0.15) is 5.82 Å². The van der Waals surface area contributed by atoms with Gasteiger partial charge in [-0.2, -0.15) is 5.26 Å². The number of hydrogen-bond acceptors (Lipinski definition) is 3. The van der Waals surface area contributed by atoms with Gasteiger partial charge >= 0.3 is 0 Å². The minimum absolute atomic E-state index is 0.00981. The van der Waals surface area contributed by atoms with Gasteiger partial charge in [-0.3, -0.25) is 9.69 Å². The van der Waals surface area contributed by atoms with Crippen molar-refractivity contribution in [2.24, 2.45) is 0 Å². The molecule has 5 heteroatoms. The van der Waals surface area contributed by atoms with Gasteiger partial charge in [-0.05, 0) is 30.2 Å². The number of rotatable bonds is 2. The Bertz CT molecular complexity index is 495. The third-order valence-corrected chi connectivity index (χ3v) is 2.83. The quantitative estimate of drug-likeness (QED) is 0.849. The van der Waals surface area contributed by atoms with Gasteiger partial charge in [0.15, 0.2) is 0 Å². The zero-order chi connectivity index (χ0) is 13.0. The van der Waals surface area contributed by atoms with Crippen molar-refractivity contribution in [3.63, 3.8) is 0 Å². The molecule has 0 aliphatic carbocycles. The van der Waals surface area contributed by atoms with Crippen LogP contribution in [0.2, 0.25) is 0 Å². The van der Waals surface area contributed by atoms with Crippen LogP contribution in [0.5, 0.6) is 0 Å². The van der Waals surface area contributed by atoms with Crippen molar-refractivity contribution in [3.8, 4) is 6.07 Å². The number of benzene rings is 1. The van der Waals surface area contributed by atoms with Crippen LogP contribution in [0.15, 0.2) is 18.2 Å². The minimum atomic E-state index is -0.414. The Morgan fingerprint density at radius 1 is 1.44 bits per heavy atom. The molecule has 0 radical (unpaired) electrons. The summed E-state index contributed by atoms with van der Waals surface area (Å²) in [5.41, 5.74) is 1.03. The van der Waals surface area contributed by atoms with Gasteiger partial charge < -0.3 is 5.32 Å². The van der Waals surface area contributed by atoms with Gasteiger partial charge in [-0.1, -0.05) is 0 Å². The Balaban J connectivity index is 2.10. The van der Waals surface area contributed by atoms with Gasteiger partial charge in [0, 0.05) is 19.6 Å². The SMILES string of the molecule is N#Cc1cc(F)cc(CN2CCCNC(=O)C2)c1. The van der Waals surface area contributed by atoms with E-state index in [4.69, 9.17) is 5.26 Å². The molecule has 0 bridgehead atoms. The second kappa shape index (κ2) is 5.61. The van der Waals surface area contributed by atoms with Crippen molar-refractivity contribution in [3.05, 3.63) is 35.1 Å². The lowest BCUT2D eigenvalue weighted by atomic mass is 10.1. The van der Waals surface area contributed by atoms with E-state index in [0.717, 1.165) is 18.5 Å². The summed E-state index contributed by atoms with van der Waals surface area (Å²) in [4.78, 5) is 13.4. The van der Waals surface area contributed by atoms with Crippen LogP contribution < -0.4 is 5.32 Å². The number of carbonyl (C=O) groups excluding carboxylic acids is 1. The van der Waals surface area contributed by atoms with Crippen LogP contribution in [0, 0.1) is 17.1 Å². The number of hydrogen-bond donors (Lipinski definition) is 1. The first-order valence-corrected chi connectivity index (χ1v) is 5.86. The van der Waals surface area contributed by atoms with E-state index in [1.54, 1.807) is 6.07 Å². The molecule has 1 aromatic carbocycles. The Morgan fingerprint density at radius 3 is 3.06 bits per heavy atom. The van der Waals surface area contributed by atoms with Gasteiger partial charge in [-0.25, -0.2) is 4.39 Å². The van der Waals surface area contributed by atoms with E-state index in [1.165, 1.54) is 12.1 Å². The van der Waals surface area contributed by atoms with Gasteiger partial charge in [0.05, 0.1) is 18.2 Å². The maximum absolute atomic E-state index is 13.3. The second-order valence-corrected chi connectivity index (χ2v) is 4.37. The van der Waals surface area contributed by atoms with Crippen LogP contribution in [-0.4, -0.2) is 30.4 Å². The molecule has 1 aromatic rings. The van der Waals surface area contributed by atoms with E-state index >= 15 is 0 Å². The Hall–Kier alpha value is -1.93. The zero-order valence-corrected chi connectivity index (χ0v) is 9.95. The van der Waals surface area contributed by atoms with Crippen LogP contribution in [0.4, 0.5) is 4.39 Å². The summed E-state index contributed by atoms with van der Waals surface area (Å²) in [5, 5.41) is 11.6. The monoisotopic (exact) mass is 247 g/mol. The summed E-state index contributed by atoms with van der Waals surface area (Å²) in [7, 11) is 0. The highest BCUT2D eigenvalue weighted by Crippen LogP contribution is 2.12. The molecule has 1 aliphatic rings. The van der Waals surface area contributed by atoms with Crippen LogP contribution in [0.1, 0.15) is 17.5 Å². The summed E-state index contributed by atoms with van der Waals surface area (Å²) in [5.74, 6) is -0.423. The van der Waals surface area contributed by atoms with Crippen molar-refractivity contribution in [1.82, 2.24) is 10.2 Å². The third-order valence-electron chi connectivity index (χ3n) is 2.83. The predicted octanol–water partition coefficient (Wildman–Crippen LogP) is 1.02. The number of nitriles is 1. The van der Waals surface area contributed by atoms with E-state index in [-0.39, 0.29) is 5.91 Å². The molecule has 0 atom stereocenters. The van der Waals surface area contributed by atoms with Crippen LogP contribution in [0.3, 0.4) is 0 Å². The molecule has 2 rings (SSSR count). The Labute approximate surface area is 105 Å². The summed E-state index contributed by atoms with van der Waals surface area (Å²) in [6.45, 7) is 2.28. The lowest BCUT2D eigenvalue weighted by Gasteiger charge is -2.18. The first-order valence-electron chi connectivity index (χ1n) is 5.86. The van der Waals surface area contributed by atoms with Gasteiger partial charge in [0.25, 0.3) is 0 Å². The van der Waals surface area contributed by atoms with Crippen molar-refractivity contribution >= 4 is 5.91 Å². The highest BCUT2D eigenvalue weighted by molar-refractivity contribution is 5.78. The maximum Gasteiger partial charge on any atom is 0.234 e. The third kappa shape index (κ3) is 3.28. The molecule has 1 amide bonds. The van der Waals surface area contributed by atoms with Crippen molar-refractivity contribution in [2.75, 3.05) is 19.6 Å². The second-order valence-electron chi connectivity index (χ2n) is 4.37. The lowest BCUT2D eigenvalue weighted by molar-refractivity contribution is -0.121. The maximum atomic E-state index is 13.3. The van der Waals surface area contributed by atoms with Gasteiger partial charge in [0.2, 0.25) is 5.91 Å². The smallest absolute Gasteiger partial charge is 0.234 e. The molecule has 0 spiro atoms. The lowest BCUT2D eigenvalue weighted by Crippen LogP contribution is -2.32. The largest absolute Gasteiger partial charge is 0.355 e. The number of halogens is 1. The fourth-order valence-corrected chi connectivity index (χ4v) is 2.07. The van der Waals surface area contributed by atoms with Crippen molar-refractivity contribution in [1.29, 1.82) is 5.26 Å². The topological polar surface area (TPSA) is 56.1 Å². The normalized spacial score (nSPS) is 16.8. The standard InChI is InChI=1S/C13H14FN3O/c14-12-5-10(7-15)4-11(6-12)8-17-3-1-2-16-13(18)9-17/h4-6H,1-3,8-9H2,(H,16,18). The van der Waals surface area contributed by atoms with E-state index in [0.29, 0.717) is 25.2 Å². The molecular formula is C13H14FN3O. The molecule has 0 unspecified atom stereocenters. The molecular weight excluding hydrogens is 233 g/mol. The molecule has 1 aliphatic heterocycles. The number of amides is 1. The molecule has 0 saturated carbocycles. The van der Waals surface area contributed by atoms with E-state index in [9.17, 15) is 9.18 Å². The summed E-state index contributed by atoms with van der Waals surface area (Å²) < 4.78 is 13.3. The zero-order valence-electron chi connectivity index (χ0n) is 9.95. The van der Waals surface area contributed by atoms with Gasteiger partial charge in [-0.15, -0.1) is 0 Å². The number of nitrogens with zero attached hydrogens (tertiary/aromatic N) is 2. The molecule has 1 heterocycles. The number of nitrogens with one attached hydrogen (secondary N) is 1. The summed E-state index contributed by atoms with van der Waals surface area (Å²) in [6.07, 6.45) is 0.881. The van der Waals surface area contributed by atoms with Crippen LogP contribution >= 0.6 is 0 Å². The first kappa shape index (κ1) is 12.5. The highest BCUT2D eigenvalue weighted by Gasteiger charge is 2.15. The van der Waals surface area contributed by atoms with Crippen LogP contribution in [-0.2, 0) is 11.3 Å². The van der Waals surface area contributed by atoms with E-state index < -0.39 is 5.82 Å². The average Bonchev–Trinajstić information content (AvgIpc) is 2.52.